The third-order valence-corrected chi connectivity index (χ3v) is 5.66. The average molecular weight is 399 g/mol. The van der Waals surface area contributed by atoms with E-state index in [1.165, 1.54) is 5.56 Å². The lowest BCUT2D eigenvalue weighted by molar-refractivity contribution is 0.0955. The number of nitrogens with one attached hydrogen (secondary N) is 2. The van der Waals surface area contributed by atoms with Crippen molar-refractivity contribution in [1.29, 1.82) is 0 Å². The Morgan fingerprint density at radius 3 is 3.07 bits per heavy atom. The molecule has 7 nitrogen and oxygen atoms in total. The highest BCUT2D eigenvalue weighted by Crippen LogP contribution is 2.21. The fourth-order valence-corrected chi connectivity index (χ4v) is 4.09. The molecule has 0 fully saturated rings. The van der Waals surface area contributed by atoms with Crippen molar-refractivity contribution in [1.82, 2.24) is 20.0 Å². The number of rotatable bonds is 4. The van der Waals surface area contributed by atoms with Crippen LogP contribution in [0.15, 0.2) is 52.5 Å². The number of para-hydroxylation sites is 1. The number of fused-ring (bicyclic) bond motifs is 3. The van der Waals surface area contributed by atoms with Gasteiger partial charge in [-0.15, -0.1) is 0 Å². The van der Waals surface area contributed by atoms with Crippen molar-refractivity contribution in [3.05, 3.63) is 75.5 Å². The van der Waals surface area contributed by atoms with Crippen LogP contribution in [0.5, 0.6) is 0 Å². The molecule has 0 saturated heterocycles. The van der Waals surface area contributed by atoms with E-state index in [2.05, 4.69) is 33.5 Å². The van der Waals surface area contributed by atoms with Gasteiger partial charge in [0, 0.05) is 41.2 Å². The van der Waals surface area contributed by atoms with Gasteiger partial charge >= 0.3 is 0 Å². The molecule has 150 valence electrons. The van der Waals surface area contributed by atoms with Crippen LogP contribution in [-0.2, 0) is 19.4 Å². The number of amides is 1. The summed E-state index contributed by atoms with van der Waals surface area (Å²) in [6, 6.07) is 11.1. The molecule has 0 radical (unpaired) electrons. The minimum absolute atomic E-state index is 0.0386. The highest BCUT2D eigenvalue weighted by molar-refractivity contribution is 6.01. The van der Waals surface area contributed by atoms with E-state index in [9.17, 15) is 9.59 Å². The SMILES string of the molecule is CCc1cccc2c(/C=N/NC(=O)c3ccc4c(=O)n5c(nc4c3)CCC5)c[nH]c12. The van der Waals surface area contributed by atoms with Crippen LogP contribution in [-0.4, -0.2) is 26.7 Å². The third-order valence-electron chi connectivity index (χ3n) is 5.66. The largest absolute Gasteiger partial charge is 0.360 e. The van der Waals surface area contributed by atoms with E-state index in [4.69, 9.17) is 0 Å². The third kappa shape index (κ3) is 2.99. The summed E-state index contributed by atoms with van der Waals surface area (Å²) in [7, 11) is 0. The number of hydrogen-bond acceptors (Lipinski definition) is 4. The number of aryl methyl sites for hydroxylation is 2. The first kappa shape index (κ1) is 18.3. The molecule has 0 bridgehead atoms. The van der Waals surface area contributed by atoms with Gasteiger partial charge in [-0.3, -0.25) is 14.2 Å². The van der Waals surface area contributed by atoms with Crippen molar-refractivity contribution in [3.8, 4) is 0 Å². The topological polar surface area (TPSA) is 92.1 Å². The van der Waals surface area contributed by atoms with E-state index in [0.29, 0.717) is 23.0 Å². The van der Waals surface area contributed by atoms with E-state index in [-0.39, 0.29) is 11.5 Å². The zero-order valence-corrected chi connectivity index (χ0v) is 16.6. The Bertz CT molecular complexity index is 1380. The second-order valence-electron chi connectivity index (χ2n) is 7.46. The summed E-state index contributed by atoms with van der Waals surface area (Å²) in [6.45, 7) is 2.83. The van der Waals surface area contributed by atoms with Gasteiger partial charge in [0.15, 0.2) is 0 Å². The Morgan fingerprint density at radius 2 is 2.20 bits per heavy atom. The second-order valence-corrected chi connectivity index (χ2v) is 7.46. The molecule has 4 aromatic rings. The number of carbonyl (C=O) groups is 1. The number of nitrogens with zero attached hydrogens (tertiary/aromatic N) is 3. The predicted octanol–water partition coefficient (Wildman–Crippen LogP) is 3.15. The summed E-state index contributed by atoms with van der Waals surface area (Å²) in [6.07, 6.45) is 6.17. The molecule has 1 aliphatic rings. The first-order valence-electron chi connectivity index (χ1n) is 10.1. The highest BCUT2D eigenvalue weighted by Gasteiger charge is 2.17. The standard InChI is InChI=1S/C23H21N5O2/c1-2-14-5-3-6-17-16(12-24-21(14)17)13-25-27-22(29)15-8-9-18-19(11-15)26-20-7-4-10-28(20)23(18)30/h3,5-6,8-9,11-13,24H,2,4,7,10H2,1H3,(H,27,29)/b25-13+. The number of aromatic amines is 1. The summed E-state index contributed by atoms with van der Waals surface area (Å²) in [5, 5.41) is 5.72. The Morgan fingerprint density at radius 1 is 1.30 bits per heavy atom. The van der Waals surface area contributed by atoms with E-state index >= 15 is 0 Å². The number of carbonyl (C=O) groups excluding carboxylic acids is 1. The summed E-state index contributed by atoms with van der Waals surface area (Å²) < 4.78 is 1.72. The van der Waals surface area contributed by atoms with Gasteiger partial charge in [-0.25, -0.2) is 10.4 Å². The molecule has 0 atom stereocenters. The average Bonchev–Trinajstić information content (AvgIpc) is 3.40. The Labute approximate surface area is 172 Å². The smallest absolute Gasteiger partial charge is 0.271 e. The van der Waals surface area contributed by atoms with Crippen LogP contribution in [0.2, 0.25) is 0 Å². The molecule has 3 heterocycles. The van der Waals surface area contributed by atoms with Crippen molar-refractivity contribution in [3.63, 3.8) is 0 Å². The zero-order chi connectivity index (χ0) is 20.7. The lowest BCUT2D eigenvalue weighted by Crippen LogP contribution is -2.22. The molecular formula is C23H21N5O2. The van der Waals surface area contributed by atoms with Gasteiger partial charge in [-0.05, 0) is 36.6 Å². The first-order chi connectivity index (χ1) is 14.7. The number of hydrazone groups is 1. The lowest BCUT2D eigenvalue weighted by Gasteiger charge is -2.06. The number of hydrogen-bond donors (Lipinski definition) is 2. The quantitative estimate of drug-likeness (QED) is 0.408. The molecule has 2 aromatic heterocycles. The molecule has 30 heavy (non-hydrogen) atoms. The van der Waals surface area contributed by atoms with Crippen LogP contribution in [0.25, 0.3) is 21.8 Å². The molecule has 1 amide bonds. The molecular weight excluding hydrogens is 378 g/mol. The van der Waals surface area contributed by atoms with E-state index < -0.39 is 0 Å². The molecule has 2 N–H and O–H groups in total. The molecule has 2 aromatic carbocycles. The van der Waals surface area contributed by atoms with Gasteiger partial charge in [0.25, 0.3) is 11.5 Å². The summed E-state index contributed by atoms with van der Waals surface area (Å²) >= 11 is 0. The minimum atomic E-state index is -0.343. The van der Waals surface area contributed by atoms with Crippen LogP contribution < -0.4 is 11.0 Å². The fraction of sp³-hybridized carbons (Fsp3) is 0.217. The van der Waals surface area contributed by atoms with Gasteiger partial charge in [0.1, 0.15) is 5.82 Å². The van der Waals surface area contributed by atoms with Crippen molar-refractivity contribution < 1.29 is 4.79 Å². The fourth-order valence-electron chi connectivity index (χ4n) is 4.09. The van der Waals surface area contributed by atoms with Gasteiger partial charge in [0.05, 0.1) is 17.1 Å². The molecule has 7 heteroatoms. The maximum atomic E-state index is 12.6. The molecule has 1 aliphatic heterocycles. The Balaban J connectivity index is 1.39. The number of H-pyrrole nitrogens is 1. The molecule has 0 spiro atoms. The number of aromatic nitrogens is 3. The first-order valence-corrected chi connectivity index (χ1v) is 10.1. The van der Waals surface area contributed by atoms with Crippen LogP contribution in [0, 0.1) is 0 Å². The zero-order valence-electron chi connectivity index (χ0n) is 16.6. The van der Waals surface area contributed by atoms with Gasteiger partial charge < -0.3 is 4.98 Å². The second kappa shape index (κ2) is 7.26. The van der Waals surface area contributed by atoms with Gasteiger partial charge in [0.2, 0.25) is 0 Å². The molecule has 0 saturated carbocycles. The number of benzene rings is 2. The lowest BCUT2D eigenvalue weighted by atomic mass is 10.1. The monoisotopic (exact) mass is 399 g/mol. The van der Waals surface area contributed by atoms with Crippen molar-refractivity contribution in [2.45, 2.75) is 32.7 Å². The molecule has 5 rings (SSSR count). The van der Waals surface area contributed by atoms with Crippen LogP contribution in [0.3, 0.4) is 0 Å². The van der Waals surface area contributed by atoms with E-state index in [0.717, 1.165) is 41.6 Å². The van der Waals surface area contributed by atoms with Crippen molar-refractivity contribution in [2.75, 3.05) is 0 Å². The van der Waals surface area contributed by atoms with Gasteiger partial charge in [-0.2, -0.15) is 5.10 Å². The van der Waals surface area contributed by atoms with Crippen LogP contribution in [0.4, 0.5) is 0 Å². The maximum absolute atomic E-state index is 12.6. The predicted molar refractivity (Wildman–Crippen MR) is 117 cm³/mol. The molecule has 0 aliphatic carbocycles. The maximum Gasteiger partial charge on any atom is 0.271 e. The van der Waals surface area contributed by atoms with Gasteiger partial charge in [-0.1, -0.05) is 25.1 Å². The van der Waals surface area contributed by atoms with E-state index in [1.54, 1.807) is 29.0 Å². The minimum Gasteiger partial charge on any atom is -0.360 e. The summed E-state index contributed by atoms with van der Waals surface area (Å²) in [4.78, 5) is 33.0. The van der Waals surface area contributed by atoms with Crippen LogP contribution >= 0.6 is 0 Å². The summed E-state index contributed by atoms with van der Waals surface area (Å²) in [5.74, 6) is 0.443. The normalized spacial score (nSPS) is 13.4. The van der Waals surface area contributed by atoms with E-state index in [1.807, 2.05) is 18.3 Å². The van der Waals surface area contributed by atoms with Crippen LogP contribution in [0.1, 0.15) is 40.7 Å². The molecule has 0 unspecified atom stereocenters. The highest BCUT2D eigenvalue weighted by atomic mass is 16.2. The summed E-state index contributed by atoms with van der Waals surface area (Å²) in [5.41, 5.74) is 6.73. The Kier molecular flexibility index (Phi) is 4.43. The van der Waals surface area contributed by atoms with Crippen molar-refractivity contribution in [2.24, 2.45) is 5.10 Å². The Hall–Kier alpha value is -3.74. The van der Waals surface area contributed by atoms with Crippen molar-refractivity contribution >= 4 is 33.9 Å².